The van der Waals surface area contributed by atoms with Crippen LogP contribution in [0.2, 0.25) is 0 Å². The number of carbonyl (C=O) groups is 1. The van der Waals surface area contributed by atoms with Crippen molar-refractivity contribution < 1.29 is 4.79 Å². The lowest BCUT2D eigenvalue weighted by Crippen LogP contribution is -2.45. The van der Waals surface area contributed by atoms with E-state index >= 15 is 0 Å². The van der Waals surface area contributed by atoms with Gasteiger partial charge in [0, 0.05) is 49.2 Å². The van der Waals surface area contributed by atoms with Crippen molar-refractivity contribution in [3.05, 3.63) is 29.8 Å². The molecule has 108 valence electrons. The summed E-state index contributed by atoms with van der Waals surface area (Å²) in [6, 6.07) is 9.19. The lowest BCUT2D eigenvalue weighted by atomic mass is 9.98. The molecule has 4 heteroatoms. The van der Waals surface area contributed by atoms with Crippen LogP contribution < -0.4 is 5.32 Å². The molecule has 3 rings (SSSR count). The number of hydrogen-bond acceptors (Lipinski definition) is 3. The monoisotopic (exact) mass is 290 g/mol. The summed E-state index contributed by atoms with van der Waals surface area (Å²) < 4.78 is 0. The molecule has 0 spiro atoms. The molecule has 1 fully saturated rings. The Hall–Kier alpha value is -1.00. The van der Waals surface area contributed by atoms with Crippen LogP contribution in [0.25, 0.3) is 0 Å². The fraction of sp³-hybridized carbons (Fsp3) is 0.562. The molecule has 2 aliphatic rings. The highest BCUT2D eigenvalue weighted by Crippen LogP contribution is 2.39. The second-order valence-electron chi connectivity index (χ2n) is 5.82. The zero-order chi connectivity index (χ0) is 13.9. The smallest absolute Gasteiger partial charge is 0.217 e. The highest BCUT2D eigenvalue weighted by molar-refractivity contribution is 7.99. The summed E-state index contributed by atoms with van der Waals surface area (Å²) in [7, 11) is 0. The Balaban J connectivity index is 1.52. The third kappa shape index (κ3) is 3.18. The fourth-order valence-corrected chi connectivity index (χ4v) is 4.48. The van der Waals surface area contributed by atoms with Gasteiger partial charge in [-0.3, -0.25) is 4.79 Å². The number of nitrogens with zero attached hydrogens (tertiary/aromatic N) is 1. The molecule has 1 N–H and O–H groups in total. The maximum Gasteiger partial charge on any atom is 0.217 e. The summed E-state index contributed by atoms with van der Waals surface area (Å²) in [6.07, 6.45) is 2.17. The van der Waals surface area contributed by atoms with Gasteiger partial charge in [0.1, 0.15) is 0 Å². The van der Waals surface area contributed by atoms with E-state index in [1.807, 2.05) is 11.8 Å². The number of fused-ring (bicyclic) bond motifs is 1. The number of likely N-dealkylation sites (tertiary alicyclic amines) is 1. The van der Waals surface area contributed by atoms with E-state index in [9.17, 15) is 4.79 Å². The van der Waals surface area contributed by atoms with Crippen molar-refractivity contribution in [1.29, 1.82) is 0 Å². The molecule has 0 radical (unpaired) electrons. The van der Waals surface area contributed by atoms with Crippen molar-refractivity contribution in [3.8, 4) is 0 Å². The SMILES string of the molecule is CC(=O)NC1CCN(CC2CSc3ccccc32)CC1. The molecule has 2 aliphatic heterocycles. The van der Waals surface area contributed by atoms with Crippen LogP contribution in [0.1, 0.15) is 31.2 Å². The van der Waals surface area contributed by atoms with E-state index in [4.69, 9.17) is 0 Å². The second kappa shape index (κ2) is 6.19. The summed E-state index contributed by atoms with van der Waals surface area (Å²) in [4.78, 5) is 15.1. The molecule has 1 amide bonds. The first-order valence-electron chi connectivity index (χ1n) is 7.43. The summed E-state index contributed by atoms with van der Waals surface area (Å²) >= 11 is 1.99. The Morgan fingerprint density at radius 3 is 2.85 bits per heavy atom. The Bertz CT molecular complexity index is 483. The van der Waals surface area contributed by atoms with Crippen molar-refractivity contribution in [2.45, 2.75) is 36.6 Å². The second-order valence-corrected chi connectivity index (χ2v) is 6.88. The highest BCUT2D eigenvalue weighted by atomic mass is 32.2. The van der Waals surface area contributed by atoms with Gasteiger partial charge in [-0.2, -0.15) is 0 Å². The minimum atomic E-state index is 0.101. The van der Waals surface area contributed by atoms with Gasteiger partial charge in [0.05, 0.1) is 0 Å². The number of rotatable bonds is 3. The summed E-state index contributed by atoms with van der Waals surface area (Å²) in [5.74, 6) is 1.99. The minimum absolute atomic E-state index is 0.101. The quantitative estimate of drug-likeness (QED) is 0.928. The molecule has 1 atom stereocenters. The third-order valence-electron chi connectivity index (χ3n) is 4.27. The first-order chi connectivity index (χ1) is 9.72. The lowest BCUT2D eigenvalue weighted by molar-refractivity contribution is -0.119. The van der Waals surface area contributed by atoms with Crippen molar-refractivity contribution in [1.82, 2.24) is 10.2 Å². The third-order valence-corrected chi connectivity index (χ3v) is 5.52. The number of piperidine rings is 1. The van der Waals surface area contributed by atoms with Gasteiger partial charge in [-0.1, -0.05) is 18.2 Å². The van der Waals surface area contributed by atoms with Crippen LogP contribution in [0.4, 0.5) is 0 Å². The van der Waals surface area contributed by atoms with Gasteiger partial charge in [0.15, 0.2) is 0 Å². The van der Waals surface area contributed by atoms with Crippen LogP contribution in [-0.2, 0) is 4.79 Å². The number of benzene rings is 1. The van der Waals surface area contributed by atoms with Crippen LogP contribution in [0.3, 0.4) is 0 Å². The Morgan fingerprint density at radius 2 is 2.10 bits per heavy atom. The average molecular weight is 290 g/mol. The van der Waals surface area contributed by atoms with E-state index < -0.39 is 0 Å². The zero-order valence-electron chi connectivity index (χ0n) is 12.0. The van der Waals surface area contributed by atoms with E-state index in [0.717, 1.165) is 32.5 Å². The maximum atomic E-state index is 11.1. The molecule has 1 aromatic carbocycles. The Labute approximate surface area is 125 Å². The normalized spacial score (nSPS) is 23.6. The summed E-state index contributed by atoms with van der Waals surface area (Å²) in [6.45, 7) is 4.98. The van der Waals surface area contributed by atoms with E-state index in [0.29, 0.717) is 12.0 Å². The van der Waals surface area contributed by atoms with Gasteiger partial charge in [-0.15, -0.1) is 11.8 Å². The van der Waals surface area contributed by atoms with Crippen LogP contribution in [0, 0.1) is 0 Å². The Morgan fingerprint density at radius 1 is 1.35 bits per heavy atom. The number of amides is 1. The van der Waals surface area contributed by atoms with Crippen molar-refractivity contribution in [2.24, 2.45) is 0 Å². The maximum absolute atomic E-state index is 11.1. The van der Waals surface area contributed by atoms with E-state index in [-0.39, 0.29) is 5.91 Å². The lowest BCUT2D eigenvalue weighted by Gasteiger charge is -2.33. The largest absolute Gasteiger partial charge is 0.354 e. The summed E-state index contributed by atoms with van der Waals surface area (Å²) in [5.41, 5.74) is 1.53. The standard InChI is InChI=1S/C16H22N2OS/c1-12(19)17-14-6-8-18(9-7-14)10-13-11-20-16-5-3-2-4-15(13)16/h2-5,13-14H,6-11H2,1H3,(H,17,19). The van der Waals surface area contributed by atoms with Crippen LogP contribution in [-0.4, -0.2) is 42.2 Å². The van der Waals surface area contributed by atoms with Gasteiger partial charge >= 0.3 is 0 Å². The predicted octanol–water partition coefficient (Wildman–Crippen LogP) is 2.48. The summed E-state index contributed by atoms with van der Waals surface area (Å²) in [5, 5.41) is 3.04. The molecular weight excluding hydrogens is 268 g/mol. The molecular formula is C16H22N2OS. The molecule has 0 saturated carbocycles. The van der Waals surface area contributed by atoms with Crippen molar-refractivity contribution in [2.75, 3.05) is 25.4 Å². The zero-order valence-corrected chi connectivity index (χ0v) is 12.8. The first-order valence-corrected chi connectivity index (χ1v) is 8.42. The highest BCUT2D eigenvalue weighted by Gasteiger charge is 2.27. The van der Waals surface area contributed by atoms with Crippen molar-refractivity contribution >= 4 is 17.7 Å². The molecule has 1 unspecified atom stereocenters. The van der Waals surface area contributed by atoms with Crippen LogP contribution in [0.15, 0.2) is 29.2 Å². The van der Waals surface area contributed by atoms with Gasteiger partial charge in [-0.05, 0) is 24.5 Å². The van der Waals surface area contributed by atoms with E-state index in [2.05, 4.69) is 34.5 Å². The van der Waals surface area contributed by atoms with Crippen LogP contribution in [0.5, 0.6) is 0 Å². The van der Waals surface area contributed by atoms with Crippen LogP contribution >= 0.6 is 11.8 Å². The predicted molar refractivity (Wildman–Crippen MR) is 83.2 cm³/mol. The van der Waals surface area contributed by atoms with Crippen molar-refractivity contribution in [3.63, 3.8) is 0 Å². The molecule has 0 aliphatic carbocycles. The average Bonchev–Trinajstić information content (AvgIpc) is 2.84. The topological polar surface area (TPSA) is 32.3 Å². The molecule has 1 saturated heterocycles. The molecule has 3 nitrogen and oxygen atoms in total. The molecule has 20 heavy (non-hydrogen) atoms. The number of carbonyl (C=O) groups excluding carboxylic acids is 1. The fourth-order valence-electron chi connectivity index (χ4n) is 3.24. The van der Waals surface area contributed by atoms with E-state index in [1.54, 1.807) is 6.92 Å². The van der Waals surface area contributed by atoms with Gasteiger partial charge < -0.3 is 10.2 Å². The minimum Gasteiger partial charge on any atom is -0.354 e. The Kier molecular flexibility index (Phi) is 4.32. The van der Waals surface area contributed by atoms with Gasteiger partial charge in [0.25, 0.3) is 0 Å². The first kappa shape index (κ1) is 14.0. The molecule has 1 aromatic rings. The van der Waals surface area contributed by atoms with Gasteiger partial charge in [-0.25, -0.2) is 0 Å². The number of nitrogens with one attached hydrogen (secondary N) is 1. The van der Waals surface area contributed by atoms with E-state index in [1.165, 1.54) is 16.2 Å². The molecule has 2 heterocycles. The number of thioether (sulfide) groups is 1. The molecule has 0 bridgehead atoms. The number of hydrogen-bond donors (Lipinski definition) is 1. The molecule has 0 aromatic heterocycles. The van der Waals surface area contributed by atoms with Gasteiger partial charge in [0.2, 0.25) is 5.91 Å².